The minimum atomic E-state index is -5.81. The topological polar surface area (TPSA) is 380 Å². The van der Waals surface area contributed by atoms with Crippen LogP contribution in [0.2, 0.25) is 0 Å². The van der Waals surface area contributed by atoms with E-state index >= 15 is 0 Å². The van der Waals surface area contributed by atoms with Crippen molar-refractivity contribution < 1.29 is 122 Å². The largest absolute Gasteiger partial charge is 0.472 e. The summed E-state index contributed by atoms with van der Waals surface area (Å²) in [7, 11) is -5.81. The van der Waals surface area contributed by atoms with Gasteiger partial charge in [-0.3, -0.25) is 28.2 Å². The van der Waals surface area contributed by atoms with Gasteiger partial charge in [-0.2, -0.15) is 0 Å². The Hall–Kier alpha value is -2.79. The number of allylic oxidation sites excluding steroid dienone is 2. The van der Waals surface area contributed by atoms with Gasteiger partial charge in [0.2, 0.25) is 0 Å². The maximum atomic E-state index is 14.9. The molecule has 1 saturated carbocycles. The molecule has 20 unspecified atom stereocenters. The highest BCUT2D eigenvalue weighted by Gasteiger charge is 2.60. The Morgan fingerprint density at radius 3 is 1.11 bits per heavy atom. The lowest BCUT2D eigenvalue weighted by Gasteiger charge is -2.50. The van der Waals surface area contributed by atoms with Gasteiger partial charge in [-0.15, -0.1) is 0 Å². The van der Waals surface area contributed by atoms with Gasteiger partial charge >= 0.3 is 31.7 Å². The third-order valence-corrected chi connectivity index (χ3v) is 24.5. The van der Waals surface area contributed by atoms with Crippen molar-refractivity contribution in [2.45, 2.75) is 505 Å². The van der Waals surface area contributed by atoms with Crippen LogP contribution in [0.1, 0.15) is 401 Å². The maximum absolute atomic E-state index is 14.9. The van der Waals surface area contributed by atoms with Crippen LogP contribution >= 0.6 is 7.82 Å². The Labute approximate surface area is 705 Å². The second-order valence-corrected chi connectivity index (χ2v) is 35.8. The van der Waals surface area contributed by atoms with E-state index < -0.39 is 162 Å². The van der Waals surface area contributed by atoms with Crippen molar-refractivity contribution in [1.82, 2.24) is 0 Å². The minimum absolute atomic E-state index is 0.00536. The lowest BCUT2D eigenvalue weighted by Crippen LogP contribution is -2.70. The Morgan fingerprint density at radius 1 is 0.359 bits per heavy atom. The first-order valence-corrected chi connectivity index (χ1v) is 48.7. The van der Waals surface area contributed by atoms with Crippen LogP contribution < -0.4 is 0 Å². The normalized spacial score (nSPS) is 25.6. The molecule has 688 valence electrons. The van der Waals surface area contributed by atoms with E-state index in [1.165, 1.54) is 173 Å². The summed E-state index contributed by atoms with van der Waals surface area (Å²) in [6, 6.07) is 0. The molecular formula is C91H169O25P. The predicted octanol–water partition coefficient (Wildman–Crippen LogP) is 17.3. The summed E-state index contributed by atoms with van der Waals surface area (Å²) in [6.45, 7) is 10.2. The number of phosphoric acid groups is 1. The molecule has 0 bridgehead atoms. The number of aliphatic hydroxyl groups is 9. The lowest BCUT2D eigenvalue weighted by atomic mass is 9.84. The van der Waals surface area contributed by atoms with Crippen LogP contribution in [-0.2, 0) is 70.7 Å². The van der Waals surface area contributed by atoms with Gasteiger partial charge in [-0.25, -0.2) is 4.57 Å². The molecule has 0 amide bonds. The van der Waals surface area contributed by atoms with Crippen molar-refractivity contribution in [2.24, 2.45) is 11.8 Å². The van der Waals surface area contributed by atoms with Crippen molar-refractivity contribution in [3.8, 4) is 0 Å². The first kappa shape index (κ1) is 108. The average Bonchev–Trinajstić information content (AvgIpc) is 0.754. The Bertz CT molecular complexity index is 2520. The Morgan fingerprint density at radius 2 is 0.692 bits per heavy atom. The van der Waals surface area contributed by atoms with Crippen LogP contribution in [0.15, 0.2) is 12.2 Å². The minimum Gasteiger partial charge on any atom is -0.463 e. The molecule has 25 nitrogen and oxygen atoms in total. The summed E-state index contributed by atoms with van der Waals surface area (Å²) in [4.78, 5) is 66.5. The van der Waals surface area contributed by atoms with Crippen molar-refractivity contribution >= 4 is 31.7 Å². The number of esters is 4. The molecule has 0 aromatic carbocycles. The van der Waals surface area contributed by atoms with Gasteiger partial charge in [-0.1, -0.05) is 336 Å². The van der Waals surface area contributed by atoms with E-state index in [4.69, 9.17) is 46.9 Å². The molecule has 1 aliphatic carbocycles. The molecule has 2 aliphatic heterocycles. The summed E-state index contributed by atoms with van der Waals surface area (Å²) in [6.07, 6.45) is 23.7. The number of hydrogen-bond acceptors (Lipinski definition) is 24. The number of aliphatic hydroxyl groups excluding tert-OH is 9. The third-order valence-electron chi connectivity index (χ3n) is 23.6. The number of ether oxygens (including phenoxy) is 8. The Balaban J connectivity index is 1.94. The Kier molecular flexibility index (Phi) is 63.5. The number of hydrogen-bond donors (Lipinski definition) is 10. The highest BCUT2D eigenvalue weighted by atomic mass is 31.2. The molecular weight excluding hydrogens is 1520 g/mol. The van der Waals surface area contributed by atoms with Gasteiger partial charge in [0.25, 0.3) is 0 Å². The van der Waals surface area contributed by atoms with Crippen LogP contribution in [0.3, 0.4) is 0 Å². The standard InChI is InChI=1S/C91H169O25P/c1-7-11-15-19-23-25-27-29-31-33-35-45-53-61-74(93)107-66-71(110-76(95)63-55-47-39-37-43-51-59-69(5)57-49-41-21-17-13-9-3)67-109-117(105,106)116-89-87(114-90-84(103)80(99)78(97)72(65-92)111-90)83(102)82(101)86(113-77(96)64-56-48-40-38-44-52-60-70(6)58-50-42-22-18-14-10-4)88(89)115-91-85(104)81(100)79(98)73(112-91)68-108-75(94)62-54-46-36-34-32-30-28-26-24-20-16-12-8-2/h30,32,69-73,78-92,97-104H,7-29,31,33-68H2,1-6H3,(H,105,106)/b32-30-. The average molecular weight is 1690 g/mol. The summed E-state index contributed by atoms with van der Waals surface area (Å²) in [5, 5.41) is 102. The number of carbonyl (C=O) groups is 4. The molecule has 0 radical (unpaired) electrons. The zero-order valence-corrected chi connectivity index (χ0v) is 74.5. The highest BCUT2D eigenvalue weighted by molar-refractivity contribution is 7.47. The zero-order valence-electron chi connectivity index (χ0n) is 73.6. The van der Waals surface area contributed by atoms with Gasteiger partial charge < -0.3 is 88.7 Å². The van der Waals surface area contributed by atoms with E-state index in [2.05, 4.69) is 53.7 Å². The van der Waals surface area contributed by atoms with Gasteiger partial charge in [0, 0.05) is 25.7 Å². The molecule has 3 aliphatic rings. The zero-order chi connectivity index (χ0) is 85.7. The predicted molar refractivity (Wildman–Crippen MR) is 453 cm³/mol. The van der Waals surface area contributed by atoms with Crippen molar-refractivity contribution in [3.63, 3.8) is 0 Å². The number of rotatable bonds is 75. The molecule has 0 aromatic rings. The quantitative estimate of drug-likeness (QED) is 0.00889. The third kappa shape index (κ3) is 49.5. The second kappa shape index (κ2) is 68.5. The highest BCUT2D eigenvalue weighted by Crippen LogP contribution is 2.49. The van der Waals surface area contributed by atoms with Crippen LogP contribution in [0, 0.1) is 11.8 Å². The molecule has 2 heterocycles. The lowest BCUT2D eigenvalue weighted by molar-refractivity contribution is -0.360. The van der Waals surface area contributed by atoms with Gasteiger partial charge in [0.05, 0.1) is 13.2 Å². The summed E-state index contributed by atoms with van der Waals surface area (Å²) in [5.74, 6) is -1.68. The molecule has 0 spiro atoms. The fraction of sp³-hybridized carbons (Fsp3) is 0.934. The fourth-order valence-corrected chi connectivity index (χ4v) is 16.8. The summed E-state index contributed by atoms with van der Waals surface area (Å²) in [5.41, 5.74) is 0. The second-order valence-electron chi connectivity index (χ2n) is 34.4. The van der Waals surface area contributed by atoms with Crippen molar-refractivity contribution in [1.29, 1.82) is 0 Å². The molecule has 20 atom stereocenters. The summed E-state index contributed by atoms with van der Waals surface area (Å²) < 4.78 is 73.5. The van der Waals surface area contributed by atoms with Crippen LogP contribution in [0.5, 0.6) is 0 Å². The van der Waals surface area contributed by atoms with Crippen molar-refractivity contribution in [2.75, 3.05) is 26.4 Å². The molecule has 10 N–H and O–H groups in total. The first-order chi connectivity index (χ1) is 56.5. The molecule has 2 saturated heterocycles. The maximum Gasteiger partial charge on any atom is 0.472 e. The van der Waals surface area contributed by atoms with E-state index in [-0.39, 0.29) is 25.7 Å². The van der Waals surface area contributed by atoms with E-state index in [0.717, 1.165) is 122 Å². The molecule has 3 rings (SSSR count). The molecule has 117 heavy (non-hydrogen) atoms. The van der Waals surface area contributed by atoms with Crippen LogP contribution in [0.25, 0.3) is 0 Å². The van der Waals surface area contributed by atoms with Gasteiger partial charge in [-0.05, 0) is 63.2 Å². The monoisotopic (exact) mass is 1690 g/mol. The molecule has 3 fully saturated rings. The summed E-state index contributed by atoms with van der Waals surface area (Å²) >= 11 is 0. The van der Waals surface area contributed by atoms with Crippen LogP contribution in [-0.4, -0.2) is 205 Å². The van der Waals surface area contributed by atoms with Gasteiger partial charge in [0.15, 0.2) is 24.8 Å². The van der Waals surface area contributed by atoms with E-state index in [0.29, 0.717) is 50.4 Å². The number of carbonyl (C=O) groups excluding carboxylic acids is 4. The fourth-order valence-electron chi connectivity index (χ4n) is 15.9. The van der Waals surface area contributed by atoms with E-state index in [1.807, 2.05) is 0 Å². The molecule has 0 aromatic heterocycles. The van der Waals surface area contributed by atoms with E-state index in [1.54, 1.807) is 0 Å². The number of phosphoric ester groups is 1. The molecule has 26 heteroatoms. The smallest absolute Gasteiger partial charge is 0.463 e. The SMILES string of the molecule is CCCCCCCC/C=C\CCCCCC(=O)OCC1OC(OC2C(OC(=O)CCCCCCCCC(C)CCCCCCCC)C(O)C(O)C(OC3OC(CO)C(O)C(O)C3O)C2OP(=O)(O)OCC(COC(=O)CCCCCCCCCCCCCCC)OC(=O)CCCCCCCCC(C)CCCCCCCC)C(O)C(O)C1O. The van der Waals surface area contributed by atoms with Crippen LogP contribution in [0.4, 0.5) is 0 Å². The van der Waals surface area contributed by atoms with Crippen molar-refractivity contribution in [3.05, 3.63) is 12.2 Å². The van der Waals surface area contributed by atoms with Gasteiger partial charge in [0.1, 0.15) is 92.6 Å². The van der Waals surface area contributed by atoms with E-state index in [9.17, 15) is 74.6 Å². The number of unbranched alkanes of at least 4 members (excludes halogenated alkanes) is 41. The first-order valence-electron chi connectivity index (χ1n) is 47.2.